The van der Waals surface area contributed by atoms with Crippen molar-refractivity contribution < 1.29 is 22.4 Å². The number of rotatable bonds is 7. The molecule has 0 aromatic heterocycles. The lowest BCUT2D eigenvalue weighted by molar-refractivity contribution is -0.137. The average Bonchev–Trinajstić information content (AvgIpc) is 3.38. The fourth-order valence-electron chi connectivity index (χ4n) is 6.44. The first-order valence-electron chi connectivity index (χ1n) is 15.4. The fraction of sp³-hybridized carbons (Fsp3) is 0.441. The average molecular weight is 631 g/mol. The van der Waals surface area contributed by atoms with Crippen molar-refractivity contribution in [1.82, 2.24) is 5.32 Å². The van der Waals surface area contributed by atoms with Gasteiger partial charge in [-0.1, -0.05) is 86.9 Å². The van der Waals surface area contributed by atoms with E-state index < -0.39 is 35.2 Å². The molecule has 0 bridgehead atoms. The number of carbonyl (C=O) groups is 1. The molecular weight excluding hydrogens is 592 g/mol. The zero-order valence-electron chi connectivity index (χ0n) is 24.6. The number of benzene rings is 3. The second-order valence-electron chi connectivity index (χ2n) is 12.1. The number of anilines is 2. The molecular formula is C34H39ClF4N4O. The van der Waals surface area contributed by atoms with Gasteiger partial charge in [-0.15, -0.1) is 0 Å². The second kappa shape index (κ2) is 13.8. The monoisotopic (exact) mass is 630 g/mol. The van der Waals surface area contributed by atoms with Gasteiger partial charge in [0.15, 0.2) is 0 Å². The Morgan fingerprint density at radius 2 is 1.55 bits per heavy atom. The molecule has 2 atom stereocenters. The van der Waals surface area contributed by atoms with Crippen LogP contribution in [-0.4, -0.2) is 24.2 Å². The van der Waals surface area contributed by atoms with E-state index in [2.05, 4.69) is 16.0 Å². The van der Waals surface area contributed by atoms with E-state index in [-0.39, 0.29) is 23.9 Å². The molecule has 3 aromatic rings. The summed E-state index contributed by atoms with van der Waals surface area (Å²) in [6.07, 6.45) is 5.61. The van der Waals surface area contributed by atoms with E-state index in [9.17, 15) is 22.4 Å². The smallest absolute Gasteiger partial charge is 0.359 e. The third-order valence-corrected chi connectivity index (χ3v) is 9.17. The van der Waals surface area contributed by atoms with Crippen molar-refractivity contribution in [2.45, 2.75) is 82.1 Å². The van der Waals surface area contributed by atoms with Crippen molar-refractivity contribution in [3.63, 3.8) is 0 Å². The van der Waals surface area contributed by atoms with Crippen LogP contribution < -0.4 is 21.7 Å². The molecule has 0 spiro atoms. The van der Waals surface area contributed by atoms with Gasteiger partial charge in [0, 0.05) is 5.92 Å². The number of hydrogen-bond acceptors (Lipinski definition) is 4. The van der Waals surface area contributed by atoms with Crippen LogP contribution in [-0.2, 0) is 17.4 Å². The molecule has 1 unspecified atom stereocenters. The number of hydrogen-bond donors (Lipinski definition) is 4. The molecule has 236 valence electrons. The highest BCUT2D eigenvalue weighted by atomic mass is 35.5. The van der Waals surface area contributed by atoms with Gasteiger partial charge in [-0.3, -0.25) is 4.79 Å². The summed E-state index contributed by atoms with van der Waals surface area (Å²) in [5.41, 5.74) is 8.52. The second-order valence-corrected chi connectivity index (χ2v) is 12.5. The highest BCUT2D eigenvalue weighted by Gasteiger charge is 2.43. The maximum atomic E-state index is 13.8. The molecule has 1 aliphatic heterocycles. The molecule has 1 fully saturated rings. The first-order chi connectivity index (χ1) is 21.0. The summed E-state index contributed by atoms with van der Waals surface area (Å²) in [6, 6.07) is 14.4. The van der Waals surface area contributed by atoms with Crippen LogP contribution in [0.15, 0.2) is 60.7 Å². The number of nitrogens with one attached hydrogen (secondary N) is 3. The number of carbonyl (C=O) groups excluding carboxylic acids is 1. The Morgan fingerprint density at radius 1 is 0.909 bits per heavy atom. The van der Waals surface area contributed by atoms with Crippen LogP contribution in [0.25, 0.3) is 11.1 Å². The van der Waals surface area contributed by atoms with Gasteiger partial charge in [0.1, 0.15) is 11.5 Å². The minimum Gasteiger partial charge on any atom is -0.359 e. The zero-order valence-corrected chi connectivity index (χ0v) is 25.3. The van der Waals surface area contributed by atoms with Crippen molar-refractivity contribution in [2.24, 2.45) is 11.7 Å². The molecule has 1 aliphatic carbocycles. The third kappa shape index (κ3) is 7.67. The van der Waals surface area contributed by atoms with Gasteiger partial charge in [-0.2, -0.15) is 13.2 Å². The topological polar surface area (TPSA) is 79.2 Å². The molecule has 1 amide bonds. The molecule has 5 rings (SSSR count). The number of fused-ring (bicyclic) bond motifs is 1. The fourth-order valence-corrected chi connectivity index (χ4v) is 6.62. The van der Waals surface area contributed by atoms with E-state index in [0.29, 0.717) is 5.56 Å². The summed E-state index contributed by atoms with van der Waals surface area (Å²) in [4.78, 5) is 13.2. The summed E-state index contributed by atoms with van der Waals surface area (Å²) < 4.78 is 53.4. The summed E-state index contributed by atoms with van der Waals surface area (Å²) in [5, 5.41) is 10.5. The standard InChI is InChI=1S/C34H39ClF4N4O/c35-27-19-23(13-15-28(27)36)24-14-16-30-31(20-24)43-33(42-30,25-10-6-4-2-1-3-5-7-11-25)21-41-32(44)29(40)18-22-9-8-12-26(17-22)34(37,38)39/h8-9,12-17,19-20,25,29,42-43H,1-7,10-11,18,21,40H2,(H,41,44)/t29-,33?/m1/s1. The molecule has 5 N–H and O–H groups in total. The largest absolute Gasteiger partial charge is 0.416 e. The lowest BCUT2D eigenvalue weighted by Gasteiger charge is -2.40. The van der Waals surface area contributed by atoms with Crippen LogP contribution in [0.5, 0.6) is 0 Å². The van der Waals surface area contributed by atoms with Crippen molar-refractivity contribution in [1.29, 1.82) is 0 Å². The lowest BCUT2D eigenvalue weighted by Crippen LogP contribution is -2.58. The van der Waals surface area contributed by atoms with Crippen molar-refractivity contribution in [2.75, 3.05) is 17.2 Å². The first kappa shape index (κ1) is 32.1. The lowest BCUT2D eigenvalue weighted by atomic mass is 9.82. The van der Waals surface area contributed by atoms with E-state index in [1.165, 1.54) is 31.4 Å². The summed E-state index contributed by atoms with van der Waals surface area (Å²) in [5.74, 6) is -0.715. The van der Waals surface area contributed by atoms with Crippen molar-refractivity contribution in [3.8, 4) is 11.1 Å². The van der Waals surface area contributed by atoms with Gasteiger partial charge in [0.2, 0.25) is 5.91 Å². The number of nitrogens with two attached hydrogens (primary N) is 1. The van der Waals surface area contributed by atoms with E-state index >= 15 is 0 Å². The Bertz CT molecular complexity index is 1460. The maximum absolute atomic E-state index is 13.8. The van der Waals surface area contributed by atoms with Crippen LogP contribution in [0.2, 0.25) is 5.02 Å². The Morgan fingerprint density at radius 3 is 2.23 bits per heavy atom. The minimum atomic E-state index is -4.47. The first-order valence-corrected chi connectivity index (χ1v) is 15.8. The van der Waals surface area contributed by atoms with Crippen LogP contribution in [0.3, 0.4) is 0 Å². The van der Waals surface area contributed by atoms with Gasteiger partial charge in [0.25, 0.3) is 0 Å². The molecule has 5 nitrogen and oxygen atoms in total. The van der Waals surface area contributed by atoms with Crippen LogP contribution in [0.4, 0.5) is 28.9 Å². The SMILES string of the molecule is N[C@H](Cc1cccc(C(F)(F)F)c1)C(=O)NCC1(C2CCCCCCCCC2)Nc2ccc(-c3ccc(F)c(Cl)c3)cc2N1. The summed E-state index contributed by atoms with van der Waals surface area (Å²) in [6.45, 7) is 0.235. The van der Waals surface area contributed by atoms with Gasteiger partial charge in [-0.05, 0) is 66.3 Å². The zero-order chi connectivity index (χ0) is 31.3. The Kier molecular flexibility index (Phi) is 10.1. The predicted octanol–water partition coefficient (Wildman–Crippen LogP) is 8.53. The Balaban J connectivity index is 1.35. The predicted molar refractivity (Wildman–Crippen MR) is 168 cm³/mol. The molecule has 2 aliphatic rings. The Hall–Kier alpha value is -3.30. The van der Waals surface area contributed by atoms with Gasteiger partial charge >= 0.3 is 6.18 Å². The van der Waals surface area contributed by atoms with Crippen LogP contribution in [0.1, 0.15) is 68.9 Å². The highest BCUT2D eigenvalue weighted by molar-refractivity contribution is 6.31. The quantitative estimate of drug-likeness (QED) is 0.197. The number of alkyl halides is 3. The van der Waals surface area contributed by atoms with Crippen LogP contribution in [0, 0.1) is 11.7 Å². The molecule has 10 heteroatoms. The number of amides is 1. The Labute approximate surface area is 260 Å². The minimum absolute atomic E-state index is 0.0170. The van der Waals surface area contributed by atoms with Gasteiger partial charge < -0.3 is 21.7 Å². The van der Waals surface area contributed by atoms with Crippen LogP contribution >= 0.6 is 11.6 Å². The van der Waals surface area contributed by atoms with Crippen molar-refractivity contribution in [3.05, 3.63) is 82.6 Å². The molecule has 0 saturated heterocycles. The van der Waals surface area contributed by atoms with E-state index in [0.717, 1.165) is 73.2 Å². The molecule has 1 saturated carbocycles. The van der Waals surface area contributed by atoms with Gasteiger partial charge in [0.05, 0.1) is 34.5 Å². The highest BCUT2D eigenvalue weighted by Crippen LogP contribution is 2.43. The van der Waals surface area contributed by atoms with Crippen molar-refractivity contribution >= 4 is 28.9 Å². The van der Waals surface area contributed by atoms with Gasteiger partial charge in [-0.25, -0.2) is 4.39 Å². The normalized spacial score (nSPS) is 20.2. The van der Waals surface area contributed by atoms with E-state index in [1.807, 2.05) is 18.2 Å². The summed E-state index contributed by atoms with van der Waals surface area (Å²) >= 11 is 6.05. The van der Waals surface area contributed by atoms with E-state index in [1.54, 1.807) is 18.2 Å². The molecule has 0 radical (unpaired) electrons. The third-order valence-electron chi connectivity index (χ3n) is 8.88. The number of halogens is 5. The molecule has 1 heterocycles. The summed E-state index contributed by atoms with van der Waals surface area (Å²) in [7, 11) is 0. The maximum Gasteiger partial charge on any atom is 0.416 e. The molecule has 3 aromatic carbocycles. The molecule has 44 heavy (non-hydrogen) atoms. The van der Waals surface area contributed by atoms with E-state index in [4.69, 9.17) is 17.3 Å².